The first-order valence-corrected chi connectivity index (χ1v) is 12.1. The average molecular weight is 521 g/mol. The Morgan fingerprint density at radius 2 is 1.38 bits per heavy atom. The van der Waals surface area contributed by atoms with Gasteiger partial charge in [-0.15, -0.1) is 0 Å². The number of aliphatic hydroxyl groups is 4. The smallest absolute Gasteiger partial charge is 0.229 e. The largest absolute Gasteiger partial charge is 0.504 e. The van der Waals surface area contributed by atoms with Crippen molar-refractivity contribution in [3.63, 3.8) is 0 Å². The summed E-state index contributed by atoms with van der Waals surface area (Å²) in [7, 11) is 3.18. The van der Waals surface area contributed by atoms with Gasteiger partial charge in [0.25, 0.3) is 0 Å². The monoisotopic (exact) mass is 520 g/mol. The highest BCUT2D eigenvalue weighted by Crippen LogP contribution is 2.51. The number of aliphatic hydroxyl groups excluding tert-OH is 4. The first kappa shape index (κ1) is 26.0. The van der Waals surface area contributed by atoms with Crippen LogP contribution < -0.4 is 14.2 Å². The normalized spacial score (nSPS) is 35.2. The van der Waals surface area contributed by atoms with Crippen LogP contribution in [0.4, 0.5) is 0 Å². The third-order valence-electron chi connectivity index (χ3n) is 7.40. The molecule has 202 valence electrons. The molecule has 2 aromatic rings. The molecule has 9 atom stereocenters. The second-order valence-corrected chi connectivity index (χ2v) is 9.49. The summed E-state index contributed by atoms with van der Waals surface area (Å²) >= 11 is 0. The molecule has 11 heteroatoms. The van der Waals surface area contributed by atoms with Crippen molar-refractivity contribution >= 4 is 0 Å². The Labute approximate surface area is 213 Å². The fourth-order valence-corrected chi connectivity index (χ4v) is 5.37. The van der Waals surface area contributed by atoms with Crippen LogP contribution >= 0.6 is 0 Å². The van der Waals surface area contributed by atoms with Gasteiger partial charge in [0.2, 0.25) is 6.29 Å². The zero-order valence-corrected chi connectivity index (χ0v) is 20.5. The SMILES string of the molecule is COc1ccc([C@H]2OC[C@H]3[C@@H]2CO[C@@H]3c2ccc(O[C@@H]3O[C@H](CO)[C@@H](O)[C@H](O)[C@H]3O)c(O)c2)cc1OC. The van der Waals surface area contributed by atoms with Gasteiger partial charge >= 0.3 is 0 Å². The van der Waals surface area contributed by atoms with Gasteiger partial charge in [-0.05, 0) is 35.4 Å². The van der Waals surface area contributed by atoms with E-state index in [4.69, 9.17) is 28.4 Å². The molecular formula is C26H32O11. The lowest BCUT2D eigenvalue weighted by Gasteiger charge is -2.39. The van der Waals surface area contributed by atoms with Crippen LogP contribution in [0.2, 0.25) is 0 Å². The van der Waals surface area contributed by atoms with Gasteiger partial charge < -0.3 is 54.0 Å². The lowest BCUT2D eigenvalue weighted by Crippen LogP contribution is -2.60. The van der Waals surface area contributed by atoms with Crippen LogP contribution in [0.25, 0.3) is 0 Å². The number of ether oxygens (including phenoxy) is 6. The molecule has 37 heavy (non-hydrogen) atoms. The van der Waals surface area contributed by atoms with Gasteiger partial charge in [0.15, 0.2) is 23.0 Å². The summed E-state index contributed by atoms with van der Waals surface area (Å²) in [5, 5.41) is 50.1. The third kappa shape index (κ3) is 4.72. The molecule has 3 aliphatic heterocycles. The van der Waals surface area contributed by atoms with Gasteiger partial charge in [0, 0.05) is 11.8 Å². The fourth-order valence-electron chi connectivity index (χ4n) is 5.37. The van der Waals surface area contributed by atoms with Gasteiger partial charge in [-0.25, -0.2) is 0 Å². The molecule has 3 heterocycles. The van der Waals surface area contributed by atoms with Gasteiger partial charge in [-0.3, -0.25) is 0 Å². The number of rotatable bonds is 7. The maximum atomic E-state index is 10.7. The minimum absolute atomic E-state index is 0.00787. The van der Waals surface area contributed by atoms with E-state index in [1.165, 1.54) is 12.1 Å². The van der Waals surface area contributed by atoms with E-state index < -0.39 is 37.3 Å². The minimum atomic E-state index is -1.58. The van der Waals surface area contributed by atoms with Crippen molar-refractivity contribution in [3.8, 4) is 23.0 Å². The highest BCUT2D eigenvalue weighted by molar-refractivity contribution is 5.45. The molecule has 0 radical (unpaired) electrons. The van der Waals surface area contributed by atoms with Crippen molar-refractivity contribution in [1.82, 2.24) is 0 Å². The van der Waals surface area contributed by atoms with Crippen LogP contribution in [-0.2, 0) is 14.2 Å². The highest BCUT2D eigenvalue weighted by atomic mass is 16.7. The molecular weight excluding hydrogens is 488 g/mol. The molecule has 0 saturated carbocycles. The number of fused-ring (bicyclic) bond motifs is 1. The Morgan fingerprint density at radius 3 is 1.95 bits per heavy atom. The molecule has 5 rings (SSSR count). The van der Waals surface area contributed by atoms with E-state index in [1.807, 2.05) is 18.2 Å². The van der Waals surface area contributed by atoms with Crippen LogP contribution in [0.1, 0.15) is 23.3 Å². The molecule has 3 aliphatic rings. The van der Waals surface area contributed by atoms with E-state index in [1.54, 1.807) is 20.3 Å². The van der Waals surface area contributed by atoms with E-state index in [0.717, 1.165) is 11.1 Å². The maximum Gasteiger partial charge on any atom is 0.229 e. The Balaban J connectivity index is 1.29. The standard InChI is InChI=1S/C26H32O11/c1-32-18-6-4-13(8-19(18)33-2)25-15-11-34-24(14(15)10-35-25)12-3-5-17(16(28)7-12)36-26-23(31)22(30)21(29)20(9-27)37-26/h3-8,14-15,20-31H,9-11H2,1-2H3/t14-,15-,20+,21+,22-,23+,24+,25+,26+/m0/s1. The Kier molecular flexibility index (Phi) is 7.46. The molecule has 11 nitrogen and oxygen atoms in total. The number of aromatic hydroxyl groups is 1. The Hall–Kier alpha value is -2.64. The Bertz CT molecular complexity index is 1090. The zero-order valence-electron chi connectivity index (χ0n) is 20.5. The van der Waals surface area contributed by atoms with E-state index in [2.05, 4.69) is 0 Å². The van der Waals surface area contributed by atoms with Gasteiger partial charge in [0.1, 0.15) is 24.4 Å². The van der Waals surface area contributed by atoms with Crippen LogP contribution in [0.15, 0.2) is 36.4 Å². The third-order valence-corrected chi connectivity index (χ3v) is 7.40. The summed E-state index contributed by atoms with van der Waals surface area (Å²) in [6.45, 7) is 0.389. The first-order valence-electron chi connectivity index (χ1n) is 12.1. The summed E-state index contributed by atoms with van der Waals surface area (Å²) in [5.41, 5.74) is 1.71. The molecule has 0 aromatic heterocycles. The molecule has 0 spiro atoms. The summed E-state index contributed by atoms with van der Waals surface area (Å²) in [6, 6.07) is 10.5. The molecule has 3 saturated heterocycles. The average Bonchev–Trinajstić information content (AvgIpc) is 3.52. The highest BCUT2D eigenvalue weighted by Gasteiger charge is 2.48. The molecule has 0 bridgehead atoms. The first-order chi connectivity index (χ1) is 17.9. The lowest BCUT2D eigenvalue weighted by molar-refractivity contribution is -0.277. The van der Waals surface area contributed by atoms with Gasteiger partial charge in [-0.1, -0.05) is 12.1 Å². The van der Waals surface area contributed by atoms with Gasteiger partial charge in [-0.2, -0.15) is 0 Å². The van der Waals surface area contributed by atoms with Crippen molar-refractivity contribution in [2.45, 2.75) is 42.9 Å². The molecule has 3 fully saturated rings. The minimum Gasteiger partial charge on any atom is -0.504 e. The zero-order chi connectivity index (χ0) is 26.3. The number of hydrogen-bond donors (Lipinski definition) is 5. The molecule has 2 aromatic carbocycles. The van der Waals surface area contributed by atoms with Crippen LogP contribution in [0.3, 0.4) is 0 Å². The summed E-state index contributed by atoms with van der Waals surface area (Å²) < 4.78 is 34.0. The summed E-state index contributed by atoms with van der Waals surface area (Å²) in [5.74, 6) is 1.24. The van der Waals surface area contributed by atoms with Crippen LogP contribution in [-0.4, -0.2) is 90.3 Å². The number of hydrogen-bond acceptors (Lipinski definition) is 11. The number of benzene rings is 2. The van der Waals surface area contributed by atoms with Gasteiger partial charge in [0.05, 0.1) is 46.2 Å². The van der Waals surface area contributed by atoms with Crippen molar-refractivity contribution in [2.24, 2.45) is 11.8 Å². The van der Waals surface area contributed by atoms with E-state index in [9.17, 15) is 25.5 Å². The molecule has 5 N–H and O–H groups in total. The van der Waals surface area contributed by atoms with Crippen LogP contribution in [0, 0.1) is 11.8 Å². The molecule has 0 amide bonds. The molecule has 0 aliphatic carbocycles. The van der Waals surface area contributed by atoms with Crippen molar-refractivity contribution in [2.75, 3.05) is 34.0 Å². The predicted octanol–water partition coefficient (Wildman–Crippen LogP) is 0.663. The number of phenols is 1. The van der Waals surface area contributed by atoms with Crippen LogP contribution in [0.5, 0.6) is 23.0 Å². The molecule has 0 unspecified atom stereocenters. The van der Waals surface area contributed by atoms with E-state index >= 15 is 0 Å². The van der Waals surface area contributed by atoms with Crippen molar-refractivity contribution in [3.05, 3.63) is 47.5 Å². The second kappa shape index (κ2) is 10.6. The predicted molar refractivity (Wildman–Crippen MR) is 126 cm³/mol. The quantitative estimate of drug-likeness (QED) is 0.349. The summed E-state index contributed by atoms with van der Waals surface area (Å²) in [4.78, 5) is 0. The summed E-state index contributed by atoms with van der Waals surface area (Å²) in [6.07, 6.45) is -7.65. The van der Waals surface area contributed by atoms with E-state index in [-0.39, 0.29) is 35.5 Å². The maximum absolute atomic E-state index is 10.7. The number of phenolic OH excluding ortho intramolecular Hbond substituents is 1. The lowest BCUT2D eigenvalue weighted by atomic mass is 9.85. The van der Waals surface area contributed by atoms with Crippen molar-refractivity contribution < 1.29 is 54.0 Å². The fraction of sp³-hybridized carbons (Fsp3) is 0.538. The second-order valence-electron chi connectivity index (χ2n) is 9.49. The Morgan fingerprint density at radius 1 is 0.784 bits per heavy atom. The topological polar surface area (TPSA) is 157 Å². The number of methoxy groups -OCH3 is 2. The van der Waals surface area contributed by atoms with Crippen molar-refractivity contribution in [1.29, 1.82) is 0 Å². The van der Waals surface area contributed by atoms with E-state index in [0.29, 0.717) is 24.7 Å².